The summed E-state index contributed by atoms with van der Waals surface area (Å²) in [5, 5.41) is 5.49. The number of carbonyl (C=O) groups is 2. The van der Waals surface area contributed by atoms with Gasteiger partial charge >= 0.3 is 0 Å². The number of hydrogen-bond donors (Lipinski definition) is 2. The van der Waals surface area contributed by atoms with E-state index in [1.165, 1.54) is 18.2 Å². The monoisotopic (exact) mass is 375 g/mol. The summed E-state index contributed by atoms with van der Waals surface area (Å²) in [6.45, 7) is 7.78. The van der Waals surface area contributed by atoms with Gasteiger partial charge < -0.3 is 15.4 Å². The van der Waals surface area contributed by atoms with Crippen LogP contribution in [0.3, 0.4) is 0 Å². The molecule has 1 aliphatic heterocycles. The van der Waals surface area contributed by atoms with Crippen LogP contribution >= 0.6 is 0 Å². The highest BCUT2D eigenvalue weighted by Crippen LogP contribution is 2.11. The van der Waals surface area contributed by atoms with Crippen molar-refractivity contribution in [1.82, 2.24) is 15.5 Å². The van der Waals surface area contributed by atoms with E-state index in [1.54, 1.807) is 32.1 Å². The third-order valence-electron chi connectivity index (χ3n) is 4.30. The second-order valence-electron chi connectivity index (χ2n) is 6.05. The van der Waals surface area contributed by atoms with Crippen molar-refractivity contribution >= 4 is 11.8 Å². The lowest BCUT2D eigenvalue weighted by Crippen LogP contribution is -2.42. The first-order valence-corrected chi connectivity index (χ1v) is 9.04. The largest absolute Gasteiger partial charge is 0.379 e. The Morgan fingerprint density at radius 2 is 1.89 bits per heavy atom. The minimum atomic E-state index is -0.609. The number of halogens is 1. The van der Waals surface area contributed by atoms with Crippen LogP contribution in [0.25, 0.3) is 0 Å². The molecule has 0 unspecified atom stereocenters. The quantitative estimate of drug-likeness (QED) is 0.564. The first kappa shape index (κ1) is 20.8. The average Bonchev–Trinajstić information content (AvgIpc) is 2.68. The van der Waals surface area contributed by atoms with Crippen LogP contribution in [0.5, 0.6) is 0 Å². The van der Waals surface area contributed by atoms with Crippen LogP contribution in [-0.4, -0.2) is 56.1 Å². The fourth-order valence-electron chi connectivity index (χ4n) is 2.79. The van der Waals surface area contributed by atoms with Gasteiger partial charge in [0.25, 0.3) is 11.8 Å². The number of allylic oxidation sites excluding steroid dienone is 2. The van der Waals surface area contributed by atoms with Gasteiger partial charge in [-0.15, -0.1) is 0 Å². The average molecular weight is 375 g/mol. The molecule has 0 aliphatic carbocycles. The molecule has 1 saturated heterocycles. The fraction of sp³-hybridized carbons (Fsp3) is 0.400. The molecule has 1 aliphatic rings. The number of benzene rings is 1. The summed E-state index contributed by atoms with van der Waals surface area (Å²) in [5.41, 5.74) is 0.610. The highest BCUT2D eigenvalue weighted by molar-refractivity contribution is 6.01. The minimum absolute atomic E-state index is 0.0694. The second kappa shape index (κ2) is 10.6. The molecule has 0 spiro atoms. The second-order valence-corrected chi connectivity index (χ2v) is 6.05. The Hall–Kier alpha value is -2.51. The molecule has 2 amide bonds. The Morgan fingerprint density at radius 3 is 2.52 bits per heavy atom. The molecular formula is C20H26FN3O3. The highest BCUT2D eigenvalue weighted by atomic mass is 19.1. The van der Waals surface area contributed by atoms with E-state index in [1.807, 2.05) is 0 Å². The number of morpholine rings is 1. The zero-order valence-electron chi connectivity index (χ0n) is 15.8. The molecule has 1 aromatic carbocycles. The molecular weight excluding hydrogens is 349 g/mol. The van der Waals surface area contributed by atoms with Crippen LogP contribution in [0.15, 0.2) is 47.7 Å². The Bertz CT molecular complexity index is 725. The van der Waals surface area contributed by atoms with E-state index in [4.69, 9.17) is 4.74 Å². The summed E-state index contributed by atoms with van der Waals surface area (Å²) >= 11 is 0. The van der Waals surface area contributed by atoms with Gasteiger partial charge in [0.2, 0.25) is 0 Å². The zero-order valence-corrected chi connectivity index (χ0v) is 15.8. The van der Waals surface area contributed by atoms with Gasteiger partial charge in [-0.05, 0) is 26.0 Å². The van der Waals surface area contributed by atoms with Gasteiger partial charge in [-0.3, -0.25) is 14.5 Å². The van der Waals surface area contributed by atoms with E-state index in [-0.39, 0.29) is 11.5 Å². The van der Waals surface area contributed by atoms with E-state index in [0.717, 1.165) is 19.6 Å². The van der Waals surface area contributed by atoms with Crippen molar-refractivity contribution in [3.63, 3.8) is 0 Å². The summed E-state index contributed by atoms with van der Waals surface area (Å²) in [6, 6.07) is 5.72. The third kappa shape index (κ3) is 6.01. The molecule has 146 valence electrons. The topological polar surface area (TPSA) is 70.7 Å². The van der Waals surface area contributed by atoms with Crippen LogP contribution in [0.2, 0.25) is 0 Å². The Morgan fingerprint density at radius 1 is 1.19 bits per heavy atom. The molecule has 6 nitrogen and oxygen atoms in total. The lowest BCUT2D eigenvalue weighted by molar-refractivity contribution is -0.117. The van der Waals surface area contributed by atoms with E-state index in [9.17, 15) is 14.0 Å². The molecule has 2 N–H and O–H groups in total. The van der Waals surface area contributed by atoms with Crippen molar-refractivity contribution in [2.45, 2.75) is 13.8 Å². The predicted octanol–water partition coefficient (Wildman–Crippen LogP) is 1.85. The lowest BCUT2D eigenvalue weighted by atomic mass is 10.1. The van der Waals surface area contributed by atoms with Crippen LogP contribution in [0.1, 0.15) is 24.2 Å². The normalized spacial score (nSPS) is 16.1. The summed E-state index contributed by atoms with van der Waals surface area (Å²) < 4.78 is 19.1. The SMILES string of the molecule is C/C=C(NC(=O)c1ccccc1F)\C(=C/C)C(=O)NCCN1CCOCC1. The van der Waals surface area contributed by atoms with E-state index in [0.29, 0.717) is 31.0 Å². The van der Waals surface area contributed by atoms with Gasteiger partial charge in [0.05, 0.1) is 24.4 Å². The Labute approximate surface area is 159 Å². The van der Waals surface area contributed by atoms with Crippen LogP contribution in [-0.2, 0) is 9.53 Å². The Kier molecular flexibility index (Phi) is 8.16. The molecule has 0 atom stereocenters. The van der Waals surface area contributed by atoms with Crippen molar-refractivity contribution in [2.75, 3.05) is 39.4 Å². The number of ether oxygens (including phenoxy) is 1. The third-order valence-corrected chi connectivity index (χ3v) is 4.30. The van der Waals surface area contributed by atoms with Crippen molar-refractivity contribution in [1.29, 1.82) is 0 Å². The number of amides is 2. The number of rotatable bonds is 7. The number of nitrogens with one attached hydrogen (secondary N) is 2. The van der Waals surface area contributed by atoms with Gasteiger partial charge in [0.1, 0.15) is 5.82 Å². The van der Waals surface area contributed by atoms with Gasteiger partial charge in [0, 0.05) is 31.9 Å². The molecule has 0 aromatic heterocycles. The van der Waals surface area contributed by atoms with Gasteiger partial charge in [-0.1, -0.05) is 24.3 Å². The van der Waals surface area contributed by atoms with Crippen LogP contribution < -0.4 is 10.6 Å². The number of carbonyl (C=O) groups excluding carboxylic acids is 2. The van der Waals surface area contributed by atoms with Gasteiger partial charge in [-0.2, -0.15) is 0 Å². The zero-order chi connectivity index (χ0) is 19.6. The predicted molar refractivity (Wildman–Crippen MR) is 102 cm³/mol. The number of nitrogens with zero attached hydrogens (tertiary/aromatic N) is 1. The maximum atomic E-state index is 13.8. The van der Waals surface area contributed by atoms with Crippen molar-refractivity contribution in [3.05, 3.63) is 59.1 Å². The van der Waals surface area contributed by atoms with Crippen LogP contribution in [0, 0.1) is 5.82 Å². The molecule has 27 heavy (non-hydrogen) atoms. The van der Waals surface area contributed by atoms with Gasteiger partial charge in [-0.25, -0.2) is 4.39 Å². The van der Waals surface area contributed by atoms with Crippen molar-refractivity contribution in [2.24, 2.45) is 0 Å². The van der Waals surface area contributed by atoms with E-state index in [2.05, 4.69) is 15.5 Å². The fourth-order valence-corrected chi connectivity index (χ4v) is 2.79. The molecule has 1 aromatic rings. The maximum Gasteiger partial charge on any atom is 0.258 e. The molecule has 2 rings (SSSR count). The summed E-state index contributed by atoms with van der Waals surface area (Å²) in [6.07, 6.45) is 3.25. The minimum Gasteiger partial charge on any atom is -0.379 e. The molecule has 0 radical (unpaired) electrons. The van der Waals surface area contributed by atoms with Gasteiger partial charge in [0.15, 0.2) is 0 Å². The molecule has 0 bridgehead atoms. The lowest BCUT2D eigenvalue weighted by Gasteiger charge is -2.26. The smallest absolute Gasteiger partial charge is 0.258 e. The first-order valence-electron chi connectivity index (χ1n) is 9.04. The molecule has 1 heterocycles. The standard InChI is InChI=1S/C20H26FN3O3/c1-3-15(19(25)22-9-10-24-11-13-27-14-12-24)18(4-2)23-20(26)16-7-5-6-8-17(16)21/h3-8H,9-14H2,1-2H3,(H,22,25)(H,23,26)/b15-3+,18-4+. The van der Waals surface area contributed by atoms with Crippen LogP contribution in [0.4, 0.5) is 4.39 Å². The molecule has 7 heteroatoms. The first-order chi connectivity index (χ1) is 13.1. The number of hydrogen-bond acceptors (Lipinski definition) is 4. The van der Waals surface area contributed by atoms with Crippen molar-refractivity contribution < 1.29 is 18.7 Å². The summed E-state index contributed by atoms with van der Waals surface area (Å²) in [7, 11) is 0. The van der Waals surface area contributed by atoms with E-state index < -0.39 is 11.7 Å². The molecule has 1 fully saturated rings. The maximum absolute atomic E-state index is 13.8. The van der Waals surface area contributed by atoms with Crippen molar-refractivity contribution in [3.8, 4) is 0 Å². The highest BCUT2D eigenvalue weighted by Gasteiger charge is 2.18. The summed E-state index contributed by atoms with van der Waals surface area (Å²) in [4.78, 5) is 27.1. The summed E-state index contributed by atoms with van der Waals surface area (Å²) in [5.74, 6) is -1.49. The molecule has 0 saturated carbocycles. The van der Waals surface area contributed by atoms with E-state index >= 15 is 0 Å². The Balaban J connectivity index is 1.93.